The van der Waals surface area contributed by atoms with Crippen LogP contribution in [0.2, 0.25) is 0 Å². The van der Waals surface area contributed by atoms with Crippen molar-refractivity contribution in [3.63, 3.8) is 0 Å². The highest BCUT2D eigenvalue weighted by Gasteiger charge is 2.12. The summed E-state index contributed by atoms with van der Waals surface area (Å²) in [5.74, 6) is 0.383. The van der Waals surface area contributed by atoms with Crippen LogP contribution in [0.15, 0.2) is 47.4 Å². The summed E-state index contributed by atoms with van der Waals surface area (Å²) in [5, 5.41) is 2.92. The van der Waals surface area contributed by atoms with Crippen molar-refractivity contribution in [1.82, 2.24) is 5.32 Å². The molecule has 2 amide bonds. The Morgan fingerprint density at radius 3 is 2.68 bits per heavy atom. The van der Waals surface area contributed by atoms with E-state index in [4.69, 9.17) is 10.5 Å². The van der Waals surface area contributed by atoms with Gasteiger partial charge < -0.3 is 15.8 Å². The number of carbonyl (C=O) groups is 2. The summed E-state index contributed by atoms with van der Waals surface area (Å²) in [7, 11) is 1.64. The largest absolute Gasteiger partial charge is 0.496 e. The van der Waals surface area contributed by atoms with Gasteiger partial charge in [-0.05, 0) is 37.1 Å². The van der Waals surface area contributed by atoms with Crippen molar-refractivity contribution in [2.24, 2.45) is 5.73 Å². The van der Waals surface area contributed by atoms with Crippen molar-refractivity contribution in [2.75, 3.05) is 19.4 Å². The van der Waals surface area contributed by atoms with E-state index in [0.29, 0.717) is 18.5 Å². The zero-order valence-electron chi connectivity index (χ0n) is 14.4. The fourth-order valence-corrected chi connectivity index (χ4v) is 3.23. The van der Waals surface area contributed by atoms with Crippen LogP contribution in [0.3, 0.4) is 0 Å². The number of nitrogens with one attached hydrogen (secondary N) is 1. The quantitative estimate of drug-likeness (QED) is 0.711. The molecule has 0 atom stereocenters. The summed E-state index contributed by atoms with van der Waals surface area (Å²) in [4.78, 5) is 24.2. The first-order valence-corrected chi connectivity index (χ1v) is 8.91. The molecule has 3 N–H and O–H groups in total. The Morgan fingerprint density at radius 1 is 1.20 bits per heavy atom. The van der Waals surface area contributed by atoms with Gasteiger partial charge in [0.05, 0.1) is 18.4 Å². The van der Waals surface area contributed by atoms with Gasteiger partial charge in [-0.15, -0.1) is 11.8 Å². The number of nitrogens with two attached hydrogens (primary N) is 1. The maximum Gasteiger partial charge on any atom is 0.252 e. The van der Waals surface area contributed by atoms with E-state index in [0.717, 1.165) is 21.8 Å². The minimum absolute atomic E-state index is 0.144. The number of rotatable bonds is 8. The smallest absolute Gasteiger partial charge is 0.252 e. The third-order valence-corrected chi connectivity index (χ3v) is 4.71. The van der Waals surface area contributed by atoms with E-state index in [-0.39, 0.29) is 11.7 Å². The second-order valence-electron chi connectivity index (χ2n) is 5.57. The molecule has 25 heavy (non-hydrogen) atoms. The van der Waals surface area contributed by atoms with Gasteiger partial charge in [0.2, 0.25) is 5.91 Å². The van der Waals surface area contributed by atoms with Gasteiger partial charge >= 0.3 is 0 Å². The Hall–Kier alpha value is -2.47. The number of hydrogen-bond donors (Lipinski definition) is 2. The van der Waals surface area contributed by atoms with Crippen molar-refractivity contribution in [1.29, 1.82) is 0 Å². The summed E-state index contributed by atoms with van der Waals surface area (Å²) < 4.78 is 5.36. The lowest BCUT2D eigenvalue weighted by Gasteiger charge is -2.12. The molecular weight excluding hydrogens is 336 g/mol. The zero-order valence-corrected chi connectivity index (χ0v) is 15.2. The second-order valence-corrected chi connectivity index (χ2v) is 6.59. The standard InChI is InChI=1S/C19H22N2O3S/c1-13-7-8-16(24-2)14(11-13)9-10-21-19(23)15-5-3-4-6-17(15)25-12-18(20)22/h3-8,11H,9-10,12H2,1-2H3,(H2,20,22)(H,21,23). The monoisotopic (exact) mass is 358 g/mol. The van der Waals surface area contributed by atoms with Crippen LogP contribution in [-0.2, 0) is 11.2 Å². The fraction of sp³-hybridized carbons (Fsp3) is 0.263. The topological polar surface area (TPSA) is 81.4 Å². The van der Waals surface area contributed by atoms with E-state index in [1.807, 2.05) is 31.2 Å². The average Bonchev–Trinajstić information content (AvgIpc) is 2.60. The maximum atomic E-state index is 12.4. The van der Waals surface area contributed by atoms with Gasteiger partial charge in [0.25, 0.3) is 5.91 Å². The molecule has 0 aromatic heterocycles. The molecule has 5 nitrogen and oxygen atoms in total. The maximum absolute atomic E-state index is 12.4. The van der Waals surface area contributed by atoms with Gasteiger partial charge in [-0.3, -0.25) is 9.59 Å². The Morgan fingerprint density at radius 2 is 1.96 bits per heavy atom. The van der Waals surface area contributed by atoms with Crippen LogP contribution in [0.5, 0.6) is 5.75 Å². The minimum atomic E-state index is -0.410. The molecule has 0 bridgehead atoms. The van der Waals surface area contributed by atoms with Crippen molar-refractivity contribution < 1.29 is 14.3 Å². The van der Waals surface area contributed by atoms with Gasteiger partial charge in [0.15, 0.2) is 0 Å². The van der Waals surface area contributed by atoms with E-state index < -0.39 is 5.91 Å². The Balaban J connectivity index is 1.99. The summed E-state index contributed by atoms with van der Waals surface area (Å²) in [6.45, 7) is 2.52. The molecule has 0 radical (unpaired) electrons. The lowest BCUT2D eigenvalue weighted by molar-refractivity contribution is -0.115. The third kappa shape index (κ3) is 5.53. The number of benzene rings is 2. The van der Waals surface area contributed by atoms with Crippen molar-refractivity contribution in [3.05, 3.63) is 59.2 Å². The zero-order chi connectivity index (χ0) is 18.2. The molecule has 0 heterocycles. The van der Waals surface area contributed by atoms with Crippen molar-refractivity contribution >= 4 is 23.6 Å². The SMILES string of the molecule is COc1ccc(C)cc1CCNC(=O)c1ccccc1SCC(N)=O. The molecular formula is C19H22N2O3S. The summed E-state index contributed by atoms with van der Waals surface area (Å²) in [6, 6.07) is 13.2. The van der Waals surface area contributed by atoms with E-state index in [1.54, 1.807) is 19.2 Å². The highest BCUT2D eigenvalue weighted by Crippen LogP contribution is 2.23. The number of ether oxygens (including phenoxy) is 1. The molecule has 2 rings (SSSR count). The third-order valence-electron chi connectivity index (χ3n) is 3.62. The normalized spacial score (nSPS) is 10.3. The van der Waals surface area contributed by atoms with Crippen molar-refractivity contribution in [3.8, 4) is 5.75 Å². The van der Waals surface area contributed by atoms with Gasteiger partial charge in [0.1, 0.15) is 5.75 Å². The van der Waals surface area contributed by atoms with Crippen LogP contribution >= 0.6 is 11.8 Å². The molecule has 0 unspecified atom stereocenters. The number of carbonyl (C=O) groups excluding carboxylic acids is 2. The molecule has 0 aliphatic heterocycles. The number of hydrogen-bond acceptors (Lipinski definition) is 4. The first-order valence-electron chi connectivity index (χ1n) is 7.93. The predicted molar refractivity (Wildman–Crippen MR) is 100 cm³/mol. The molecule has 2 aromatic carbocycles. The van der Waals surface area contributed by atoms with Gasteiger partial charge in [-0.25, -0.2) is 0 Å². The average molecular weight is 358 g/mol. The first-order chi connectivity index (χ1) is 12.0. The van der Waals surface area contributed by atoms with Crippen LogP contribution in [0.25, 0.3) is 0 Å². The highest BCUT2D eigenvalue weighted by molar-refractivity contribution is 8.00. The van der Waals surface area contributed by atoms with Gasteiger partial charge in [0, 0.05) is 11.4 Å². The van der Waals surface area contributed by atoms with E-state index in [1.165, 1.54) is 11.8 Å². The number of thioether (sulfide) groups is 1. The Labute approximate surface area is 151 Å². The van der Waals surface area contributed by atoms with Crippen LogP contribution in [0.4, 0.5) is 0 Å². The first kappa shape index (κ1) is 18.9. The molecule has 0 aliphatic rings. The summed E-state index contributed by atoms with van der Waals surface area (Å²) >= 11 is 1.27. The molecule has 6 heteroatoms. The lowest BCUT2D eigenvalue weighted by atomic mass is 10.1. The highest BCUT2D eigenvalue weighted by atomic mass is 32.2. The molecule has 0 saturated heterocycles. The summed E-state index contributed by atoms with van der Waals surface area (Å²) in [5.41, 5.74) is 7.93. The molecule has 132 valence electrons. The van der Waals surface area contributed by atoms with Crippen LogP contribution in [0, 0.1) is 6.92 Å². The predicted octanol–water partition coefficient (Wildman–Crippen LogP) is 2.55. The van der Waals surface area contributed by atoms with E-state index in [9.17, 15) is 9.59 Å². The minimum Gasteiger partial charge on any atom is -0.496 e. The van der Waals surface area contributed by atoms with Crippen LogP contribution in [-0.4, -0.2) is 31.2 Å². The number of amides is 2. The van der Waals surface area contributed by atoms with Crippen LogP contribution in [0.1, 0.15) is 21.5 Å². The van der Waals surface area contributed by atoms with Gasteiger partial charge in [-0.1, -0.05) is 29.8 Å². The van der Waals surface area contributed by atoms with Crippen molar-refractivity contribution in [2.45, 2.75) is 18.2 Å². The molecule has 0 fully saturated rings. The fourth-order valence-electron chi connectivity index (χ4n) is 2.44. The molecule has 0 saturated carbocycles. The van der Waals surface area contributed by atoms with Crippen LogP contribution < -0.4 is 15.8 Å². The Bertz CT molecular complexity index is 762. The number of primary amides is 1. The number of aryl methyl sites for hydroxylation is 1. The molecule has 0 spiro atoms. The number of methoxy groups -OCH3 is 1. The molecule has 0 aliphatic carbocycles. The van der Waals surface area contributed by atoms with E-state index >= 15 is 0 Å². The summed E-state index contributed by atoms with van der Waals surface area (Å²) in [6.07, 6.45) is 0.674. The second kappa shape index (κ2) is 9.13. The molecule has 2 aromatic rings. The van der Waals surface area contributed by atoms with Gasteiger partial charge in [-0.2, -0.15) is 0 Å². The van der Waals surface area contributed by atoms with E-state index in [2.05, 4.69) is 11.4 Å². The Kier molecular flexibility index (Phi) is 6.89. The lowest BCUT2D eigenvalue weighted by Crippen LogP contribution is -2.26.